The second kappa shape index (κ2) is 15.7. The van der Waals surface area contributed by atoms with E-state index in [0.29, 0.717) is 71.1 Å². The number of hydrogen-bond donors (Lipinski definition) is 5. The number of aromatic nitrogens is 3. The third-order valence-electron chi connectivity index (χ3n) is 10.2. The van der Waals surface area contributed by atoms with Gasteiger partial charge in [0.25, 0.3) is 11.8 Å². The van der Waals surface area contributed by atoms with E-state index in [2.05, 4.69) is 36.2 Å². The molecule has 0 saturated carbocycles. The fourth-order valence-corrected chi connectivity index (χ4v) is 7.58. The van der Waals surface area contributed by atoms with E-state index in [9.17, 15) is 28.8 Å². The molecule has 5 heterocycles. The normalized spacial score (nSPS) is 17.0. The van der Waals surface area contributed by atoms with Crippen LogP contribution in [-0.4, -0.2) is 98.5 Å². The molecule has 0 bridgehead atoms. The van der Waals surface area contributed by atoms with Crippen molar-refractivity contribution in [2.75, 3.05) is 36.8 Å². The number of halogens is 1. The number of carbonyl (C=O) groups is 6. The first-order chi connectivity index (χ1) is 27.7. The number of benzene rings is 3. The van der Waals surface area contributed by atoms with E-state index in [0.717, 1.165) is 4.90 Å². The van der Waals surface area contributed by atoms with Gasteiger partial charge in [-0.05, 0) is 55.7 Å². The second-order valence-corrected chi connectivity index (χ2v) is 14.2. The molecule has 2 aromatic heterocycles. The van der Waals surface area contributed by atoms with Gasteiger partial charge in [-0.25, -0.2) is 14.8 Å². The molecule has 0 spiro atoms. The number of aromatic amines is 1. The molecule has 5 N–H and O–H groups in total. The maximum absolute atomic E-state index is 13.8. The lowest BCUT2D eigenvalue weighted by atomic mass is 10.0. The lowest BCUT2D eigenvalue weighted by Crippen LogP contribution is -2.54. The summed E-state index contributed by atoms with van der Waals surface area (Å²) in [6.07, 6.45) is 4.35. The topological polar surface area (TPSA) is 208 Å². The smallest absolute Gasteiger partial charge is 0.317 e. The zero-order valence-corrected chi connectivity index (χ0v) is 31.1. The molecular formula is C40H36ClN9O7. The number of ether oxygens (including phenoxy) is 1. The molecule has 1 atom stereocenters. The minimum absolute atomic E-state index is 0.0321. The Balaban J connectivity index is 0.842. The number of anilines is 2. The molecule has 0 radical (unpaired) electrons. The van der Waals surface area contributed by atoms with Crippen molar-refractivity contribution in [1.29, 1.82) is 0 Å². The number of fused-ring (bicyclic) bond motifs is 2. The molecule has 5 aromatic rings. The van der Waals surface area contributed by atoms with Crippen molar-refractivity contribution in [3.05, 3.63) is 107 Å². The minimum atomic E-state index is -1.06. The van der Waals surface area contributed by atoms with Crippen LogP contribution in [-0.2, 0) is 9.59 Å². The van der Waals surface area contributed by atoms with Gasteiger partial charge >= 0.3 is 6.03 Å². The predicted octanol–water partition coefficient (Wildman–Crippen LogP) is 4.73. The van der Waals surface area contributed by atoms with Crippen molar-refractivity contribution in [1.82, 2.24) is 35.4 Å². The van der Waals surface area contributed by atoms with Crippen LogP contribution >= 0.6 is 11.6 Å². The molecule has 290 valence electrons. The van der Waals surface area contributed by atoms with E-state index in [-0.39, 0.29) is 59.9 Å². The van der Waals surface area contributed by atoms with E-state index < -0.39 is 29.7 Å². The molecule has 6 amide bonds. The molecule has 3 aromatic carbocycles. The molecule has 17 heteroatoms. The van der Waals surface area contributed by atoms with Crippen molar-refractivity contribution in [2.45, 2.75) is 37.8 Å². The van der Waals surface area contributed by atoms with Gasteiger partial charge in [-0.3, -0.25) is 34.2 Å². The van der Waals surface area contributed by atoms with E-state index in [1.807, 2.05) is 30.3 Å². The quantitative estimate of drug-likeness (QED) is 0.0702. The Morgan fingerprint density at radius 2 is 1.68 bits per heavy atom. The molecule has 8 rings (SSSR count). The van der Waals surface area contributed by atoms with Crippen molar-refractivity contribution < 1.29 is 33.5 Å². The SMILES string of the molecule is O=C1CCC(N2C(=O)c3cccc(NCCNC(=O)N4CCC(Nc5ncnc6[nH]cc(C(=O)c7ccc(Oc8ccccc8)cc7Cl)c56)CC4)c3C2=O)C(=O)N1. The first kappa shape index (κ1) is 37.1. The van der Waals surface area contributed by atoms with E-state index in [1.165, 1.54) is 12.4 Å². The molecule has 2 saturated heterocycles. The van der Waals surface area contributed by atoms with Crippen LogP contribution in [0, 0.1) is 0 Å². The standard InChI is InChI=1S/C40H36ClN9O7/c41-28-19-24(57-23-5-2-1-3-6-23)9-10-25(28)34(52)27-20-44-35-33(27)36(46-21-45-35)47-22-13-17-49(18-14-22)40(56)43-16-15-42-29-8-4-7-26-32(29)39(55)50(38(26)54)30-11-12-31(51)48-37(30)53/h1-10,19-22,30,42H,11-18H2,(H,43,56)(H,48,51,53)(H2,44,45,46,47). The monoisotopic (exact) mass is 789 g/mol. The van der Waals surface area contributed by atoms with Crippen LogP contribution < -0.4 is 26.0 Å². The van der Waals surface area contributed by atoms with Gasteiger partial charge in [0.2, 0.25) is 11.8 Å². The number of likely N-dealkylation sites (tertiary alicyclic amines) is 1. The zero-order valence-electron chi connectivity index (χ0n) is 30.3. The number of imide groups is 2. The number of hydrogen-bond acceptors (Lipinski definition) is 11. The van der Waals surface area contributed by atoms with Gasteiger partial charge in [0.1, 0.15) is 35.3 Å². The number of rotatable bonds is 11. The number of amides is 6. The Hall–Kier alpha value is -6.81. The lowest BCUT2D eigenvalue weighted by Gasteiger charge is -2.32. The number of ketones is 1. The van der Waals surface area contributed by atoms with Crippen molar-refractivity contribution >= 4 is 69.6 Å². The van der Waals surface area contributed by atoms with Crippen LogP contribution in [0.2, 0.25) is 5.02 Å². The number of urea groups is 1. The van der Waals surface area contributed by atoms with Crippen LogP contribution in [0.25, 0.3) is 11.0 Å². The highest BCUT2D eigenvalue weighted by atomic mass is 35.5. The van der Waals surface area contributed by atoms with Gasteiger partial charge in [-0.1, -0.05) is 35.9 Å². The van der Waals surface area contributed by atoms with Crippen molar-refractivity contribution in [3.63, 3.8) is 0 Å². The van der Waals surface area contributed by atoms with Crippen molar-refractivity contribution in [3.8, 4) is 11.5 Å². The summed E-state index contributed by atoms with van der Waals surface area (Å²) in [6, 6.07) is 17.7. The Morgan fingerprint density at radius 1 is 0.877 bits per heavy atom. The Morgan fingerprint density at radius 3 is 2.46 bits per heavy atom. The number of nitrogens with zero attached hydrogens (tertiary/aromatic N) is 4. The fourth-order valence-electron chi connectivity index (χ4n) is 7.33. The van der Waals surface area contributed by atoms with Crippen molar-refractivity contribution in [2.24, 2.45) is 0 Å². The van der Waals surface area contributed by atoms with Crippen LogP contribution in [0.5, 0.6) is 11.5 Å². The van der Waals surface area contributed by atoms with Gasteiger partial charge in [0, 0.05) is 62.2 Å². The highest BCUT2D eigenvalue weighted by Crippen LogP contribution is 2.34. The molecular weight excluding hydrogens is 754 g/mol. The summed E-state index contributed by atoms with van der Waals surface area (Å²) < 4.78 is 5.86. The fraction of sp³-hybridized carbons (Fsp3) is 0.250. The van der Waals surface area contributed by atoms with E-state index in [1.54, 1.807) is 41.4 Å². The minimum Gasteiger partial charge on any atom is -0.457 e. The third-order valence-corrected chi connectivity index (χ3v) is 10.5. The van der Waals surface area contributed by atoms with Crippen LogP contribution in [0.3, 0.4) is 0 Å². The summed E-state index contributed by atoms with van der Waals surface area (Å²) in [5.74, 6) is -0.989. The lowest BCUT2D eigenvalue weighted by molar-refractivity contribution is -0.136. The summed E-state index contributed by atoms with van der Waals surface area (Å²) in [5, 5.41) is 12.5. The maximum atomic E-state index is 13.8. The molecule has 3 aliphatic heterocycles. The summed E-state index contributed by atoms with van der Waals surface area (Å²) in [4.78, 5) is 91.9. The number of nitrogens with one attached hydrogen (secondary N) is 5. The largest absolute Gasteiger partial charge is 0.457 e. The maximum Gasteiger partial charge on any atom is 0.317 e. The van der Waals surface area contributed by atoms with Gasteiger partial charge in [0.15, 0.2) is 5.78 Å². The Kier molecular flexibility index (Phi) is 10.3. The average molecular weight is 790 g/mol. The van der Waals surface area contributed by atoms with Crippen LogP contribution in [0.1, 0.15) is 62.3 Å². The van der Waals surface area contributed by atoms with Gasteiger partial charge in [-0.15, -0.1) is 0 Å². The van der Waals surface area contributed by atoms with E-state index >= 15 is 0 Å². The molecule has 3 aliphatic rings. The highest BCUT2D eigenvalue weighted by Gasteiger charge is 2.45. The highest BCUT2D eigenvalue weighted by molar-refractivity contribution is 6.36. The van der Waals surface area contributed by atoms with Gasteiger partial charge < -0.3 is 30.6 Å². The zero-order chi connectivity index (χ0) is 39.6. The number of para-hydroxylation sites is 1. The number of piperidine rings is 2. The average Bonchev–Trinajstić information content (AvgIpc) is 3.76. The second-order valence-electron chi connectivity index (χ2n) is 13.8. The predicted molar refractivity (Wildman–Crippen MR) is 209 cm³/mol. The first-order valence-electron chi connectivity index (χ1n) is 18.4. The number of carbonyl (C=O) groups excluding carboxylic acids is 6. The molecule has 0 aliphatic carbocycles. The first-order valence-corrected chi connectivity index (χ1v) is 18.8. The third kappa shape index (κ3) is 7.46. The molecule has 16 nitrogen and oxygen atoms in total. The summed E-state index contributed by atoms with van der Waals surface area (Å²) >= 11 is 6.59. The summed E-state index contributed by atoms with van der Waals surface area (Å²) in [7, 11) is 0. The number of H-pyrrole nitrogens is 1. The Labute approximate surface area is 330 Å². The van der Waals surface area contributed by atoms with Crippen LogP contribution in [0.4, 0.5) is 16.3 Å². The molecule has 2 fully saturated rings. The summed E-state index contributed by atoms with van der Waals surface area (Å²) in [5.41, 5.74) is 1.88. The summed E-state index contributed by atoms with van der Waals surface area (Å²) in [6.45, 7) is 1.43. The van der Waals surface area contributed by atoms with Gasteiger partial charge in [0.05, 0.1) is 27.1 Å². The Bertz CT molecular complexity index is 2430. The molecule has 57 heavy (non-hydrogen) atoms. The van der Waals surface area contributed by atoms with Gasteiger partial charge in [-0.2, -0.15) is 0 Å². The van der Waals surface area contributed by atoms with E-state index in [4.69, 9.17) is 16.3 Å². The molecule has 1 unspecified atom stereocenters. The van der Waals surface area contributed by atoms with Crippen LogP contribution in [0.15, 0.2) is 79.3 Å².